The Morgan fingerprint density at radius 3 is 2.77 bits per heavy atom. The Bertz CT molecular complexity index is 708. The van der Waals surface area contributed by atoms with Gasteiger partial charge in [-0.1, -0.05) is 24.9 Å². The summed E-state index contributed by atoms with van der Waals surface area (Å²) < 4.78 is 5.08. The Hall–Kier alpha value is -2.44. The Morgan fingerprint density at radius 1 is 1.41 bits per heavy atom. The van der Waals surface area contributed by atoms with Gasteiger partial charge in [-0.3, -0.25) is 4.79 Å². The Balaban J connectivity index is 2.32. The summed E-state index contributed by atoms with van der Waals surface area (Å²) in [5.74, 6) is -1.49. The number of carboxylic acids is 1. The second-order valence-electron chi connectivity index (χ2n) is 5.27. The second-order valence-corrected chi connectivity index (χ2v) is 5.27. The van der Waals surface area contributed by atoms with Crippen molar-refractivity contribution in [2.45, 2.75) is 46.1 Å². The molecule has 7 heteroatoms. The maximum Gasteiger partial charge on any atom is 0.326 e. The summed E-state index contributed by atoms with van der Waals surface area (Å²) >= 11 is 0. The lowest BCUT2D eigenvalue weighted by molar-refractivity contribution is -0.139. The van der Waals surface area contributed by atoms with E-state index in [1.54, 1.807) is 19.9 Å². The van der Waals surface area contributed by atoms with Gasteiger partial charge in [-0.2, -0.15) is 0 Å². The van der Waals surface area contributed by atoms with Crippen molar-refractivity contribution in [1.29, 1.82) is 0 Å². The number of carboxylic acid groups (broad SMARTS) is 1. The van der Waals surface area contributed by atoms with Crippen LogP contribution in [0.15, 0.2) is 10.6 Å². The van der Waals surface area contributed by atoms with Gasteiger partial charge in [-0.25, -0.2) is 9.78 Å². The van der Waals surface area contributed by atoms with Crippen LogP contribution in [0, 0.1) is 13.8 Å². The molecule has 0 saturated heterocycles. The van der Waals surface area contributed by atoms with E-state index in [1.165, 1.54) is 0 Å². The van der Waals surface area contributed by atoms with Crippen molar-refractivity contribution in [3.8, 4) is 0 Å². The Kier molecular flexibility index (Phi) is 4.75. The summed E-state index contributed by atoms with van der Waals surface area (Å²) in [7, 11) is 0. The third-order valence-corrected chi connectivity index (χ3v) is 3.44. The summed E-state index contributed by atoms with van der Waals surface area (Å²) in [5, 5.41) is 16.1. The molecule has 1 atom stereocenters. The van der Waals surface area contributed by atoms with Crippen molar-refractivity contribution in [2.24, 2.45) is 0 Å². The fraction of sp³-hybridized carbons (Fsp3) is 0.467. The van der Waals surface area contributed by atoms with Gasteiger partial charge in [-0.15, -0.1) is 0 Å². The van der Waals surface area contributed by atoms with Crippen LogP contribution in [0.25, 0.3) is 11.1 Å². The highest BCUT2D eigenvalue weighted by Crippen LogP contribution is 2.22. The average Bonchev–Trinajstić information content (AvgIpc) is 2.83. The predicted molar refractivity (Wildman–Crippen MR) is 79.7 cm³/mol. The number of nitrogens with one attached hydrogen (secondary N) is 1. The van der Waals surface area contributed by atoms with E-state index in [4.69, 9.17) is 4.52 Å². The minimum Gasteiger partial charge on any atom is -0.480 e. The fourth-order valence-corrected chi connectivity index (χ4v) is 2.30. The fourth-order valence-electron chi connectivity index (χ4n) is 2.30. The van der Waals surface area contributed by atoms with Crippen molar-refractivity contribution >= 4 is 23.0 Å². The first-order chi connectivity index (χ1) is 10.4. The molecule has 1 unspecified atom stereocenters. The highest BCUT2D eigenvalue weighted by atomic mass is 16.5. The van der Waals surface area contributed by atoms with Gasteiger partial charge in [0.1, 0.15) is 6.04 Å². The standard InChI is InChI=1S/C15H19N3O4/c1-4-5-6-11(15(20)21)17-13(19)10-7-8(2)16-14-12(10)9(3)18-22-14/h7,11H,4-6H2,1-3H3,(H,17,19)(H,20,21). The zero-order valence-corrected chi connectivity index (χ0v) is 12.8. The number of aryl methyl sites for hydroxylation is 2. The molecule has 0 fully saturated rings. The number of hydrogen-bond acceptors (Lipinski definition) is 5. The molecule has 7 nitrogen and oxygen atoms in total. The first-order valence-electron chi connectivity index (χ1n) is 7.21. The van der Waals surface area contributed by atoms with Crippen molar-refractivity contribution in [2.75, 3.05) is 0 Å². The van der Waals surface area contributed by atoms with Crippen molar-refractivity contribution in [3.05, 3.63) is 23.0 Å². The Morgan fingerprint density at radius 2 is 2.14 bits per heavy atom. The normalized spacial score (nSPS) is 12.3. The highest BCUT2D eigenvalue weighted by molar-refractivity contribution is 6.07. The lowest BCUT2D eigenvalue weighted by Crippen LogP contribution is -2.40. The molecule has 0 aromatic carbocycles. The van der Waals surface area contributed by atoms with Crippen LogP contribution in [0.1, 0.15) is 47.9 Å². The molecule has 0 saturated carbocycles. The molecule has 1 amide bonds. The smallest absolute Gasteiger partial charge is 0.326 e. The summed E-state index contributed by atoms with van der Waals surface area (Å²) in [5.41, 5.74) is 1.77. The molecular formula is C15H19N3O4. The quantitative estimate of drug-likeness (QED) is 0.847. The molecule has 2 aromatic heterocycles. The third-order valence-electron chi connectivity index (χ3n) is 3.44. The van der Waals surface area contributed by atoms with E-state index in [9.17, 15) is 14.7 Å². The van der Waals surface area contributed by atoms with Crippen LogP contribution in [-0.4, -0.2) is 33.2 Å². The largest absolute Gasteiger partial charge is 0.480 e. The molecule has 0 bridgehead atoms. The van der Waals surface area contributed by atoms with Gasteiger partial charge in [0.25, 0.3) is 11.6 Å². The molecule has 0 aliphatic rings. The first-order valence-corrected chi connectivity index (χ1v) is 7.21. The number of nitrogens with zero attached hydrogens (tertiary/aromatic N) is 2. The predicted octanol–water partition coefficient (Wildman–Crippen LogP) is 2.21. The van der Waals surface area contributed by atoms with E-state index in [-0.39, 0.29) is 5.71 Å². The number of unbranched alkanes of at least 4 members (excludes halogenated alkanes) is 1. The first kappa shape index (κ1) is 15.9. The highest BCUT2D eigenvalue weighted by Gasteiger charge is 2.23. The second kappa shape index (κ2) is 6.55. The number of carbonyl (C=O) groups excluding carboxylic acids is 1. The summed E-state index contributed by atoms with van der Waals surface area (Å²) in [6, 6.07) is 0.705. The molecule has 0 spiro atoms. The van der Waals surface area contributed by atoms with Gasteiger partial charge >= 0.3 is 5.97 Å². The summed E-state index contributed by atoms with van der Waals surface area (Å²) in [4.78, 5) is 27.9. The van der Waals surface area contributed by atoms with E-state index in [0.717, 1.165) is 12.8 Å². The molecule has 22 heavy (non-hydrogen) atoms. The molecule has 2 aromatic rings. The van der Waals surface area contributed by atoms with E-state index < -0.39 is 17.9 Å². The molecule has 118 valence electrons. The van der Waals surface area contributed by atoms with E-state index >= 15 is 0 Å². The van der Waals surface area contributed by atoms with E-state index in [0.29, 0.717) is 28.8 Å². The molecule has 0 aliphatic carbocycles. The van der Waals surface area contributed by atoms with Crippen LogP contribution in [0.2, 0.25) is 0 Å². The van der Waals surface area contributed by atoms with Crippen molar-refractivity contribution in [3.63, 3.8) is 0 Å². The van der Waals surface area contributed by atoms with Gasteiger partial charge in [0, 0.05) is 5.69 Å². The monoisotopic (exact) mass is 305 g/mol. The van der Waals surface area contributed by atoms with Gasteiger partial charge in [0.15, 0.2) is 0 Å². The lowest BCUT2D eigenvalue weighted by atomic mass is 10.1. The number of aromatic nitrogens is 2. The molecule has 0 aliphatic heterocycles. The van der Waals surface area contributed by atoms with Crippen LogP contribution in [0.3, 0.4) is 0 Å². The number of rotatable bonds is 6. The van der Waals surface area contributed by atoms with Crippen LogP contribution in [0.4, 0.5) is 0 Å². The van der Waals surface area contributed by atoms with Gasteiger partial charge in [0.05, 0.1) is 16.6 Å². The number of amides is 1. The molecule has 0 radical (unpaired) electrons. The number of aliphatic carboxylic acids is 1. The SMILES string of the molecule is CCCCC(NC(=O)c1cc(C)nc2onc(C)c12)C(=O)O. The molecule has 2 heterocycles. The average molecular weight is 305 g/mol. The van der Waals surface area contributed by atoms with Crippen LogP contribution in [0.5, 0.6) is 0 Å². The lowest BCUT2D eigenvalue weighted by Gasteiger charge is -2.14. The van der Waals surface area contributed by atoms with Crippen LogP contribution < -0.4 is 5.32 Å². The third kappa shape index (κ3) is 3.24. The molecule has 2 rings (SSSR count). The van der Waals surface area contributed by atoms with Crippen LogP contribution >= 0.6 is 0 Å². The molecular weight excluding hydrogens is 286 g/mol. The van der Waals surface area contributed by atoms with Gasteiger partial charge < -0.3 is 14.9 Å². The maximum absolute atomic E-state index is 12.5. The zero-order valence-electron chi connectivity index (χ0n) is 12.8. The maximum atomic E-state index is 12.5. The number of hydrogen-bond donors (Lipinski definition) is 2. The molecule has 2 N–H and O–H groups in total. The van der Waals surface area contributed by atoms with Crippen LogP contribution in [-0.2, 0) is 4.79 Å². The topological polar surface area (TPSA) is 105 Å². The van der Waals surface area contributed by atoms with Crippen molar-refractivity contribution < 1.29 is 19.2 Å². The van der Waals surface area contributed by atoms with E-state index in [1.807, 2.05) is 6.92 Å². The van der Waals surface area contributed by atoms with Gasteiger partial charge in [0.2, 0.25) is 0 Å². The number of carbonyl (C=O) groups is 2. The summed E-state index contributed by atoms with van der Waals surface area (Å²) in [6.45, 7) is 5.42. The minimum atomic E-state index is -1.04. The Labute approximate surface area is 127 Å². The summed E-state index contributed by atoms with van der Waals surface area (Å²) in [6.07, 6.45) is 1.99. The minimum absolute atomic E-state index is 0.281. The number of pyridine rings is 1. The van der Waals surface area contributed by atoms with Gasteiger partial charge in [-0.05, 0) is 26.3 Å². The number of fused-ring (bicyclic) bond motifs is 1. The van der Waals surface area contributed by atoms with E-state index in [2.05, 4.69) is 15.5 Å². The van der Waals surface area contributed by atoms with Crippen molar-refractivity contribution in [1.82, 2.24) is 15.5 Å². The zero-order chi connectivity index (χ0) is 16.3.